The monoisotopic (exact) mass is 402 g/mol. The number of carbonyl (C=O) groups excluding carboxylic acids is 3. The predicted octanol–water partition coefficient (Wildman–Crippen LogP) is 5.50. The molecule has 0 spiro atoms. The maximum absolute atomic E-state index is 12.8. The topological polar surface area (TPSA) is 51.2 Å². The van der Waals surface area contributed by atoms with Crippen LogP contribution in [0.5, 0.6) is 0 Å². The van der Waals surface area contributed by atoms with Gasteiger partial charge in [-0.05, 0) is 24.3 Å². The Hall–Kier alpha value is -3.15. The summed E-state index contributed by atoms with van der Waals surface area (Å²) in [5, 5.41) is 0. The van der Waals surface area contributed by atoms with Gasteiger partial charge in [-0.3, -0.25) is 14.4 Å². The van der Waals surface area contributed by atoms with Gasteiger partial charge in [0.2, 0.25) is 17.3 Å². The number of hydrogen-bond donors (Lipinski definition) is 0. The summed E-state index contributed by atoms with van der Waals surface area (Å²) >= 11 is 2.35. The van der Waals surface area contributed by atoms with E-state index in [2.05, 4.69) is 0 Å². The highest BCUT2D eigenvalue weighted by atomic mass is 32.1. The smallest absolute Gasteiger partial charge is 0.212 e. The molecule has 136 valence electrons. The summed E-state index contributed by atoms with van der Waals surface area (Å²) in [5.41, 5.74) is 1.19. The van der Waals surface area contributed by atoms with Crippen LogP contribution in [0.4, 0.5) is 0 Å². The van der Waals surface area contributed by atoms with Gasteiger partial charge >= 0.3 is 0 Å². The van der Waals surface area contributed by atoms with Crippen LogP contribution in [-0.2, 0) is 0 Å². The van der Waals surface area contributed by atoms with Crippen molar-refractivity contribution < 1.29 is 14.4 Å². The van der Waals surface area contributed by atoms with E-state index in [1.54, 1.807) is 48.5 Å². The zero-order valence-electron chi connectivity index (χ0n) is 14.6. The van der Waals surface area contributed by atoms with Gasteiger partial charge in [0.05, 0.1) is 19.5 Å². The second-order valence-corrected chi connectivity index (χ2v) is 8.21. The molecule has 0 bridgehead atoms. The van der Waals surface area contributed by atoms with E-state index in [0.29, 0.717) is 30.6 Å². The average molecular weight is 402 g/mol. The minimum Gasteiger partial charge on any atom is -0.288 e. The van der Waals surface area contributed by atoms with Gasteiger partial charge in [0.25, 0.3) is 0 Å². The number of rotatable bonds is 6. The van der Waals surface area contributed by atoms with Crippen molar-refractivity contribution in [2.45, 2.75) is 0 Å². The highest BCUT2D eigenvalue weighted by Gasteiger charge is 2.19. The first-order valence-corrected chi connectivity index (χ1v) is 10.2. The van der Waals surface area contributed by atoms with E-state index in [1.165, 1.54) is 22.7 Å². The number of hydrogen-bond acceptors (Lipinski definition) is 5. The Balaban J connectivity index is 1.55. The lowest BCUT2D eigenvalue weighted by molar-refractivity contribution is 0.103. The van der Waals surface area contributed by atoms with Crippen molar-refractivity contribution in [2.24, 2.45) is 0 Å². The van der Waals surface area contributed by atoms with Gasteiger partial charge in [-0.25, -0.2) is 0 Å². The van der Waals surface area contributed by atoms with E-state index >= 15 is 0 Å². The third kappa shape index (κ3) is 3.63. The summed E-state index contributed by atoms with van der Waals surface area (Å²) < 4.78 is 0. The molecular formula is C23H14O3S2. The standard InChI is InChI=1S/C23H14O3S2/c24-21(15-7-3-1-4-8-15)17-11-13-19(27-17)23(26)20-14-12-18(28-20)22(25)16-9-5-2-6-10-16/h1-14H. The minimum atomic E-state index is -0.172. The molecule has 0 amide bonds. The van der Waals surface area contributed by atoms with Crippen LogP contribution < -0.4 is 0 Å². The molecule has 0 radical (unpaired) electrons. The lowest BCUT2D eigenvalue weighted by Gasteiger charge is -1.97. The number of benzene rings is 2. The largest absolute Gasteiger partial charge is 0.288 e. The van der Waals surface area contributed by atoms with Crippen molar-refractivity contribution in [2.75, 3.05) is 0 Å². The molecule has 0 unspecified atom stereocenters. The molecule has 0 saturated carbocycles. The van der Waals surface area contributed by atoms with Crippen molar-refractivity contribution in [1.29, 1.82) is 0 Å². The first kappa shape index (κ1) is 18.2. The van der Waals surface area contributed by atoms with Gasteiger partial charge in [-0.2, -0.15) is 0 Å². The number of thiophene rings is 2. The normalized spacial score (nSPS) is 10.6. The summed E-state index contributed by atoms with van der Waals surface area (Å²) in [6.45, 7) is 0. The fourth-order valence-electron chi connectivity index (χ4n) is 2.75. The molecule has 3 nitrogen and oxygen atoms in total. The van der Waals surface area contributed by atoms with Crippen LogP contribution in [0.25, 0.3) is 0 Å². The summed E-state index contributed by atoms with van der Waals surface area (Å²) in [5.74, 6) is -0.374. The second-order valence-electron chi connectivity index (χ2n) is 6.05. The number of carbonyl (C=O) groups is 3. The van der Waals surface area contributed by atoms with Gasteiger partial charge in [-0.1, -0.05) is 60.7 Å². The van der Waals surface area contributed by atoms with Gasteiger partial charge in [0.15, 0.2) is 0 Å². The summed E-state index contributed by atoms with van der Waals surface area (Å²) in [7, 11) is 0. The lowest BCUT2D eigenvalue weighted by atomic mass is 10.1. The van der Waals surface area contributed by atoms with Gasteiger partial charge < -0.3 is 0 Å². The van der Waals surface area contributed by atoms with E-state index < -0.39 is 0 Å². The van der Waals surface area contributed by atoms with Gasteiger partial charge in [0, 0.05) is 11.1 Å². The van der Waals surface area contributed by atoms with Crippen LogP contribution in [0.1, 0.15) is 45.0 Å². The maximum atomic E-state index is 12.8. The Morgan fingerprint density at radius 2 is 0.750 bits per heavy atom. The third-order valence-electron chi connectivity index (χ3n) is 4.18. The van der Waals surface area contributed by atoms with E-state index in [0.717, 1.165) is 0 Å². The second kappa shape index (κ2) is 7.84. The van der Waals surface area contributed by atoms with Crippen LogP contribution in [0.15, 0.2) is 84.9 Å². The zero-order valence-corrected chi connectivity index (χ0v) is 16.3. The Bertz CT molecular complexity index is 1060. The SMILES string of the molecule is O=C(c1ccccc1)c1ccc(C(=O)c2ccc(C(=O)c3ccccc3)s2)s1. The van der Waals surface area contributed by atoms with E-state index in [-0.39, 0.29) is 17.3 Å². The average Bonchev–Trinajstić information content (AvgIpc) is 3.44. The van der Waals surface area contributed by atoms with Crippen molar-refractivity contribution in [3.05, 3.63) is 116 Å². The molecule has 0 aliphatic rings. The Morgan fingerprint density at radius 3 is 1.11 bits per heavy atom. The summed E-state index contributed by atoms with van der Waals surface area (Å²) in [6.07, 6.45) is 0. The van der Waals surface area contributed by atoms with Crippen molar-refractivity contribution >= 4 is 40.0 Å². The first-order chi connectivity index (χ1) is 13.6. The van der Waals surface area contributed by atoms with Crippen molar-refractivity contribution in [3.8, 4) is 0 Å². The Labute approximate surface area is 169 Å². The van der Waals surface area contributed by atoms with E-state index in [9.17, 15) is 14.4 Å². The lowest BCUT2D eigenvalue weighted by Crippen LogP contribution is -1.98. The molecular weight excluding hydrogens is 388 g/mol. The summed E-state index contributed by atoms with van der Waals surface area (Å²) in [4.78, 5) is 39.9. The molecule has 0 aliphatic carbocycles. The van der Waals surface area contributed by atoms with Crippen LogP contribution in [0, 0.1) is 0 Å². The molecule has 2 aromatic carbocycles. The molecule has 0 fully saturated rings. The molecule has 5 heteroatoms. The van der Waals surface area contributed by atoms with Gasteiger partial charge in [-0.15, -0.1) is 22.7 Å². The zero-order chi connectivity index (χ0) is 19.5. The first-order valence-electron chi connectivity index (χ1n) is 8.57. The van der Waals surface area contributed by atoms with Gasteiger partial charge in [0.1, 0.15) is 0 Å². The van der Waals surface area contributed by atoms with E-state index in [1.807, 2.05) is 36.4 Å². The predicted molar refractivity (Wildman–Crippen MR) is 112 cm³/mol. The van der Waals surface area contributed by atoms with Crippen LogP contribution >= 0.6 is 22.7 Å². The van der Waals surface area contributed by atoms with Crippen LogP contribution in [0.3, 0.4) is 0 Å². The highest BCUT2D eigenvalue weighted by Crippen LogP contribution is 2.27. The Morgan fingerprint density at radius 1 is 0.429 bits per heavy atom. The van der Waals surface area contributed by atoms with Crippen LogP contribution in [0.2, 0.25) is 0 Å². The highest BCUT2D eigenvalue weighted by molar-refractivity contribution is 7.19. The van der Waals surface area contributed by atoms with Crippen LogP contribution in [-0.4, -0.2) is 17.3 Å². The van der Waals surface area contributed by atoms with E-state index in [4.69, 9.17) is 0 Å². The molecule has 28 heavy (non-hydrogen) atoms. The third-order valence-corrected chi connectivity index (χ3v) is 6.34. The molecule has 4 aromatic rings. The van der Waals surface area contributed by atoms with Crippen molar-refractivity contribution in [1.82, 2.24) is 0 Å². The fourth-order valence-corrected chi connectivity index (χ4v) is 4.66. The minimum absolute atomic E-state index is 0.101. The molecule has 0 aliphatic heterocycles. The number of ketones is 3. The molecule has 2 aromatic heterocycles. The maximum Gasteiger partial charge on any atom is 0.212 e. The molecule has 4 rings (SSSR count). The van der Waals surface area contributed by atoms with Crippen molar-refractivity contribution in [3.63, 3.8) is 0 Å². The summed E-state index contributed by atoms with van der Waals surface area (Å²) in [6, 6.07) is 24.7. The molecule has 0 atom stereocenters. The molecule has 2 heterocycles. The molecule has 0 N–H and O–H groups in total. The Kier molecular flexibility index (Phi) is 5.10. The fraction of sp³-hybridized carbons (Fsp3) is 0. The molecule has 0 saturated heterocycles. The quantitative estimate of drug-likeness (QED) is 0.400.